The Balaban J connectivity index is 2.98. The lowest BCUT2D eigenvalue weighted by molar-refractivity contribution is 0.254. The summed E-state index contributed by atoms with van der Waals surface area (Å²) in [6, 6.07) is 3.06. The Bertz CT molecular complexity index is 365. The van der Waals surface area contributed by atoms with Crippen LogP contribution in [0.4, 0.5) is 16.2 Å². The first-order valence-electron chi connectivity index (χ1n) is 4.09. The highest BCUT2D eigenvalue weighted by Gasteiger charge is 2.05. The van der Waals surface area contributed by atoms with Gasteiger partial charge in [0.25, 0.3) is 0 Å². The van der Waals surface area contributed by atoms with Gasteiger partial charge in [0, 0.05) is 12.7 Å². The zero-order chi connectivity index (χ0) is 10.7. The average molecular weight is 214 g/mol. The molecule has 2 amide bonds. The highest BCUT2D eigenvalue weighted by Crippen LogP contribution is 2.26. The molecule has 0 heterocycles. The number of halogens is 1. The molecule has 4 nitrogen and oxygen atoms in total. The molecule has 0 atom stereocenters. The number of carbonyl (C=O) groups excluding carboxylic acids is 1. The molecule has 0 fully saturated rings. The third-order valence-corrected chi connectivity index (χ3v) is 2.15. The van der Waals surface area contributed by atoms with Gasteiger partial charge < -0.3 is 16.4 Å². The quantitative estimate of drug-likeness (QED) is 0.625. The van der Waals surface area contributed by atoms with Gasteiger partial charge in [-0.1, -0.05) is 11.6 Å². The Morgan fingerprint density at radius 3 is 2.71 bits per heavy atom. The largest absolute Gasteiger partial charge is 0.398 e. The van der Waals surface area contributed by atoms with Crippen molar-refractivity contribution >= 4 is 29.0 Å². The van der Waals surface area contributed by atoms with Crippen LogP contribution in [-0.2, 0) is 0 Å². The molecule has 76 valence electrons. The Labute approximate surface area is 87.4 Å². The fraction of sp³-hybridized carbons (Fsp3) is 0.222. The molecule has 0 bridgehead atoms. The van der Waals surface area contributed by atoms with Crippen molar-refractivity contribution in [2.24, 2.45) is 0 Å². The highest BCUT2D eigenvalue weighted by molar-refractivity contribution is 6.33. The van der Waals surface area contributed by atoms with Gasteiger partial charge in [-0.05, 0) is 24.6 Å². The van der Waals surface area contributed by atoms with Crippen molar-refractivity contribution in [2.45, 2.75) is 6.92 Å². The lowest BCUT2D eigenvalue weighted by Crippen LogP contribution is -2.24. The Morgan fingerprint density at radius 1 is 1.50 bits per heavy atom. The molecule has 0 saturated carbocycles. The Kier molecular flexibility index (Phi) is 3.19. The van der Waals surface area contributed by atoms with Gasteiger partial charge >= 0.3 is 6.03 Å². The summed E-state index contributed by atoms with van der Waals surface area (Å²) in [7, 11) is 1.55. The topological polar surface area (TPSA) is 67.2 Å². The first kappa shape index (κ1) is 10.7. The van der Waals surface area contributed by atoms with Gasteiger partial charge in [-0.3, -0.25) is 0 Å². The number of anilines is 2. The zero-order valence-corrected chi connectivity index (χ0v) is 8.77. The van der Waals surface area contributed by atoms with Crippen molar-refractivity contribution < 1.29 is 4.79 Å². The minimum Gasteiger partial charge on any atom is -0.398 e. The maximum Gasteiger partial charge on any atom is 0.318 e. The number of nitrogens with one attached hydrogen (secondary N) is 2. The molecule has 0 radical (unpaired) electrons. The number of hydrogen-bond donors (Lipinski definition) is 3. The van der Waals surface area contributed by atoms with E-state index < -0.39 is 0 Å². The molecule has 0 saturated heterocycles. The van der Waals surface area contributed by atoms with Crippen LogP contribution >= 0.6 is 11.6 Å². The van der Waals surface area contributed by atoms with Crippen molar-refractivity contribution in [3.8, 4) is 0 Å². The number of benzene rings is 1. The van der Waals surface area contributed by atoms with Crippen LogP contribution in [0.5, 0.6) is 0 Å². The summed E-state index contributed by atoms with van der Waals surface area (Å²) >= 11 is 5.82. The lowest BCUT2D eigenvalue weighted by Gasteiger charge is -2.09. The van der Waals surface area contributed by atoms with Crippen molar-refractivity contribution in [2.75, 3.05) is 18.1 Å². The third-order valence-electron chi connectivity index (χ3n) is 1.82. The molecule has 1 aromatic carbocycles. The Hall–Kier alpha value is -1.42. The van der Waals surface area contributed by atoms with Crippen molar-refractivity contribution in [3.63, 3.8) is 0 Å². The van der Waals surface area contributed by atoms with E-state index in [-0.39, 0.29) is 6.03 Å². The lowest BCUT2D eigenvalue weighted by atomic mass is 10.2. The molecule has 14 heavy (non-hydrogen) atoms. The van der Waals surface area contributed by atoms with Crippen LogP contribution in [0.2, 0.25) is 5.02 Å². The molecule has 0 aliphatic rings. The van der Waals surface area contributed by atoms with Crippen molar-refractivity contribution in [1.29, 1.82) is 0 Å². The predicted octanol–water partition coefficient (Wildman–Crippen LogP) is 1.98. The van der Waals surface area contributed by atoms with Crippen LogP contribution < -0.4 is 16.4 Å². The Morgan fingerprint density at radius 2 is 2.14 bits per heavy atom. The number of aryl methyl sites for hydroxylation is 1. The number of amides is 2. The zero-order valence-electron chi connectivity index (χ0n) is 8.02. The van der Waals surface area contributed by atoms with Gasteiger partial charge in [0.05, 0.1) is 10.7 Å². The van der Waals surface area contributed by atoms with E-state index in [2.05, 4.69) is 10.6 Å². The van der Waals surface area contributed by atoms with Crippen LogP contribution in [-0.4, -0.2) is 13.1 Å². The normalized spacial score (nSPS) is 9.64. The number of hydrogen-bond acceptors (Lipinski definition) is 2. The van der Waals surface area contributed by atoms with E-state index in [9.17, 15) is 4.79 Å². The SMILES string of the molecule is CNC(=O)Nc1cc(Cl)c(N)cc1C. The van der Waals surface area contributed by atoms with Gasteiger partial charge in [0.15, 0.2) is 0 Å². The number of nitrogens with two attached hydrogens (primary N) is 1. The van der Waals surface area contributed by atoms with E-state index in [1.807, 2.05) is 6.92 Å². The first-order valence-corrected chi connectivity index (χ1v) is 4.46. The van der Waals surface area contributed by atoms with E-state index in [0.29, 0.717) is 16.4 Å². The van der Waals surface area contributed by atoms with Crippen molar-refractivity contribution in [1.82, 2.24) is 5.32 Å². The number of urea groups is 1. The second-order valence-electron chi connectivity index (χ2n) is 2.89. The fourth-order valence-corrected chi connectivity index (χ4v) is 1.19. The summed E-state index contributed by atoms with van der Waals surface area (Å²) in [4.78, 5) is 11.0. The minimum atomic E-state index is -0.283. The molecular weight excluding hydrogens is 202 g/mol. The fourth-order valence-electron chi connectivity index (χ4n) is 1.02. The van der Waals surface area contributed by atoms with Crippen LogP contribution in [0.25, 0.3) is 0 Å². The molecule has 0 spiro atoms. The average Bonchev–Trinajstić information content (AvgIpc) is 2.14. The van der Waals surface area contributed by atoms with Gasteiger partial charge in [-0.25, -0.2) is 4.79 Å². The van der Waals surface area contributed by atoms with Crippen molar-refractivity contribution in [3.05, 3.63) is 22.7 Å². The van der Waals surface area contributed by atoms with Crippen LogP contribution in [0.1, 0.15) is 5.56 Å². The van der Waals surface area contributed by atoms with Crippen LogP contribution in [0.15, 0.2) is 12.1 Å². The van der Waals surface area contributed by atoms with E-state index in [4.69, 9.17) is 17.3 Å². The van der Waals surface area contributed by atoms with Gasteiger partial charge in [-0.2, -0.15) is 0 Å². The molecule has 0 aliphatic carbocycles. The highest BCUT2D eigenvalue weighted by atomic mass is 35.5. The summed E-state index contributed by atoms with van der Waals surface area (Å²) in [6.45, 7) is 1.85. The smallest absolute Gasteiger partial charge is 0.318 e. The number of carbonyl (C=O) groups is 1. The summed E-state index contributed by atoms with van der Waals surface area (Å²) < 4.78 is 0. The standard InChI is InChI=1S/C9H12ClN3O/c1-5-3-7(11)6(10)4-8(5)13-9(14)12-2/h3-4H,11H2,1-2H3,(H2,12,13,14). The van der Waals surface area contributed by atoms with Gasteiger partial charge in [0.2, 0.25) is 0 Å². The maximum atomic E-state index is 11.0. The summed E-state index contributed by atoms with van der Waals surface area (Å²) in [6.07, 6.45) is 0. The second-order valence-corrected chi connectivity index (χ2v) is 3.30. The van der Waals surface area contributed by atoms with E-state index >= 15 is 0 Å². The molecule has 1 aromatic rings. The van der Waals surface area contributed by atoms with Crippen LogP contribution in [0.3, 0.4) is 0 Å². The maximum absolute atomic E-state index is 11.0. The summed E-state index contributed by atoms with van der Waals surface area (Å²) in [5.41, 5.74) is 7.63. The number of nitrogen functional groups attached to an aromatic ring is 1. The molecule has 4 N–H and O–H groups in total. The van der Waals surface area contributed by atoms with E-state index in [1.165, 1.54) is 0 Å². The van der Waals surface area contributed by atoms with E-state index in [0.717, 1.165) is 5.56 Å². The summed E-state index contributed by atoms with van der Waals surface area (Å²) in [5.74, 6) is 0. The molecule has 0 aromatic heterocycles. The van der Waals surface area contributed by atoms with Gasteiger partial charge in [0.1, 0.15) is 0 Å². The third kappa shape index (κ3) is 2.29. The minimum absolute atomic E-state index is 0.283. The molecule has 0 aliphatic heterocycles. The van der Waals surface area contributed by atoms with Crippen LogP contribution in [0, 0.1) is 6.92 Å². The monoisotopic (exact) mass is 213 g/mol. The molecule has 5 heteroatoms. The number of rotatable bonds is 1. The van der Waals surface area contributed by atoms with Gasteiger partial charge in [-0.15, -0.1) is 0 Å². The first-order chi connectivity index (χ1) is 6.54. The molecule has 0 unspecified atom stereocenters. The predicted molar refractivity (Wildman–Crippen MR) is 58.7 cm³/mol. The second kappa shape index (κ2) is 4.19. The molecule has 1 rings (SSSR count). The molecular formula is C9H12ClN3O. The van der Waals surface area contributed by atoms with E-state index in [1.54, 1.807) is 19.2 Å². The summed E-state index contributed by atoms with van der Waals surface area (Å²) in [5, 5.41) is 5.52.